The second-order valence-corrected chi connectivity index (χ2v) is 3.12. The van der Waals surface area contributed by atoms with Gasteiger partial charge in [-0.05, 0) is 19.1 Å². The molecular weight excluding hydrogens is 190 g/mol. The fourth-order valence-electron chi connectivity index (χ4n) is 1.24. The molecule has 0 spiro atoms. The highest BCUT2D eigenvalue weighted by Crippen LogP contribution is 2.25. The van der Waals surface area contributed by atoms with E-state index in [1.165, 1.54) is 0 Å². The molecule has 0 fully saturated rings. The Hall–Kier alpha value is -2.10. The topological polar surface area (TPSA) is 50.4 Å². The van der Waals surface area contributed by atoms with Gasteiger partial charge in [-0.15, -0.1) is 0 Å². The summed E-state index contributed by atoms with van der Waals surface area (Å²) in [5.41, 5.74) is 0.559. The van der Waals surface area contributed by atoms with Crippen molar-refractivity contribution in [2.75, 3.05) is 0 Å². The number of aliphatic imine (C=N–C) groups is 1. The van der Waals surface area contributed by atoms with Crippen LogP contribution in [0.5, 0.6) is 5.75 Å². The molecule has 1 aromatic carbocycles. The molecule has 0 radical (unpaired) electrons. The Balaban J connectivity index is 2.35. The molecule has 0 bridgehead atoms. The van der Waals surface area contributed by atoms with E-state index in [1.807, 2.05) is 13.0 Å². The summed E-state index contributed by atoms with van der Waals surface area (Å²) in [4.78, 5) is 8.22. The standard InChI is InChI=1S/C11H11N3O/c1-9(14-7-6-12-8-14)13-10-4-2-3-5-11(10)15/h2-8,15H,1H3/b13-9+. The van der Waals surface area contributed by atoms with Crippen molar-refractivity contribution in [2.45, 2.75) is 6.92 Å². The van der Waals surface area contributed by atoms with Crippen molar-refractivity contribution in [3.63, 3.8) is 0 Å². The number of rotatable bonds is 1. The van der Waals surface area contributed by atoms with Gasteiger partial charge in [0.05, 0.1) is 0 Å². The number of benzene rings is 1. The van der Waals surface area contributed by atoms with Gasteiger partial charge in [0.15, 0.2) is 0 Å². The molecule has 15 heavy (non-hydrogen) atoms. The number of nitrogens with zero attached hydrogens (tertiary/aromatic N) is 3. The van der Waals surface area contributed by atoms with Crippen molar-refractivity contribution in [1.29, 1.82) is 0 Å². The number of phenolic OH excluding ortho intramolecular Hbond substituents is 1. The van der Waals surface area contributed by atoms with Gasteiger partial charge in [0.25, 0.3) is 0 Å². The normalized spacial score (nSPS) is 11.7. The van der Waals surface area contributed by atoms with Gasteiger partial charge in [0.2, 0.25) is 0 Å². The van der Waals surface area contributed by atoms with E-state index in [4.69, 9.17) is 0 Å². The lowest BCUT2D eigenvalue weighted by atomic mass is 10.3. The van der Waals surface area contributed by atoms with Crippen LogP contribution < -0.4 is 0 Å². The van der Waals surface area contributed by atoms with E-state index < -0.39 is 0 Å². The van der Waals surface area contributed by atoms with E-state index in [0.29, 0.717) is 5.69 Å². The molecule has 1 N–H and O–H groups in total. The summed E-state index contributed by atoms with van der Waals surface area (Å²) in [6, 6.07) is 6.97. The highest BCUT2D eigenvalue weighted by molar-refractivity contribution is 5.85. The summed E-state index contributed by atoms with van der Waals surface area (Å²) >= 11 is 0. The van der Waals surface area contributed by atoms with E-state index >= 15 is 0 Å². The Morgan fingerprint density at radius 1 is 1.40 bits per heavy atom. The fourth-order valence-corrected chi connectivity index (χ4v) is 1.24. The van der Waals surface area contributed by atoms with E-state index in [0.717, 1.165) is 5.84 Å². The van der Waals surface area contributed by atoms with Crippen LogP contribution >= 0.6 is 0 Å². The Morgan fingerprint density at radius 2 is 2.20 bits per heavy atom. The van der Waals surface area contributed by atoms with Crippen molar-refractivity contribution in [3.05, 3.63) is 43.0 Å². The second-order valence-electron chi connectivity index (χ2n) is 3.12. The zero-order valence-corrected chi connectivity index (χ0v) is 8.33. The molecule has 76 valence electrons. The van der Waals surface area contributed by atoms with Crippen molar-refractivity contribution in [3.8, 4) is 5.75 Å². The van der Waals surface area contributed by atoms with Crippen molar-refractivity contribution in [2.24, 2.45) is 4.99 Å². The maximum absolute atomic E-state index is 9.52. The predicted molar refractivity (Wildman–Crippen MR) is 58.5 cm³/mol. The van der Waals surface area contributed by atoms with Crippen molar-refractivity contribution < 1.29 is 5.11 Å². The van der Waals surface area contributed by atoms with E-state index in [2.05, 4.69) is 9.98 Å². The van der Waals surface area contributed by atoms with Gasteiger partial charge in [-0.3, -0.25) is 4.57 Å². The number of para-hydroxylation sites is 2. The van der Waals surface area contributed by atoms with Crippen LogP contribution in [0.2, 0.25) is 0 Å². The lowest BCUT2D eigenvalue weighted by Crippen LogP contribution is -2.03. The Bertz CT molecular complexity index is 474. The number of hydrogen-bond acceptors (Lipinski definition) is 3. The quantitative estimate of drug-likeness (QED) is 0.568. The summed E-state index contributed by atoms with van der Waals surface area (Å²) in [5, 5.41) is 9.52. The molecule has 0 aliphatic carbocycles. The smallest absolute Gasteiger partial charge is 0.141 e. The van der Waals surface area contributed by atoms with Crippen LogP contribution in [0.1, 0.15) is 6.92 Å². The summed E-state index contributed by atoms with van der Waals surface area (Å²) < 4.78 is 1.78. The second kappa shape index (κ2) is 3.96. The maximum Gasteiger partial charge on any atom is 0.141 e. The monoisotopic (exact) mass is 201 g/mol. The first-order chi connectivity index (χ1) is 7.27. The molecule has 0 saturated heterocycles. The van der Waals surface area contributed by atoms with Crippen LogP contribution in [0.15, 0.2) is 48.0 Å². The molecule has 4 heteroatoms. The van der Waals surface area contributed by atoms with Crippen LogP contribution in [0, 0.1) is 0 Å². The number of hydrogen-bond donors (Lipinski definition) is 1. The lowest BCUT2D eigenvalue weighted by molar-refractivity contribution is 0.477. The molecule has 0 amide bonds. The van der Waals surface area contributed by atoms with Gasteiger partial charge in [-0.25, -0.2) is 9.98 Å². The average molecular weight is 201 g/mol. The van der Waals surface area contributed by atoms with Crippen LogP contribution in [-0.4, -0.2) is 20.5 Å². The van der Waals surface area contributed by atoms with Crippen LogP contribution in [-0.2, 0) is 0 Å². The third-order valence-electron chi connectivity index (χ3n) is 2.04. The minimum Gasteiger partial charge on any atom is -0.506 e. The number of aromatic hydroxyl groups is 1. The Labute approximate surface area is 87.5 Å². The molecule has 2 rings (SSSR count). The van der Waals surface area contributed by atoms with Gasteiger partial charge in [0.1, 0.15) is 23.6 Å². The predicted octanol–water partition coefficient (Wildman–Crippen LogP) is 2.19. The molecule has 0 unspecified atom stereocenters. The molecule has 1 aromatic heterocycles. The molecule has 1 heterocycles. The molecule has 4 nitrogen and oxygen atoms in total. The molecule has 0 saturated carbocycles. The van der Waals surface area contributed by atoms with Crippen LogP contribution in [0.25, 0.3) is 0 Å². The Morgan fingerprint density at radius 3 is 2.87 bits per heavy atom. The largest absolute Gasteiger partial charge is 0.506 e. The third-order valence-corrected chi connectivity index (χ3v) is 2.04. The highest BCUT2D eigenvalue weighted by Gasteiger charge is 1.99. The molecular formula is C11H11N3O. The number of aromatic nitrogens is 2. The molecule has 0 aliphatic heterocycles. The lowest BCUT2D eigenvalue weighted by Gasteiger charge is -2.02. The summed E-state index contributed by atoms with van der Waals surface area (Å²) in [7, 11) is 0. The number of imidazole rings is 1. The van der Waals surface area contributed by atoms with E-state index in [1.54, 1.807) is 41.5 Å². The zero-order chi connectivity index (χ0) is 10.7. The zero-order valence-electron chi connectivity index (χ0n) is 8.33. The van der Waals surface area contributed by atoms with Gasteiger partial charge < -0.3 is 5.11 Å². The molecule has 0 aliphatic rings. The van der Waals surface area contributed by atoms with Crippen LogP contribution in [0.4, 0.5) is 5.69 Å². The summed E-state index contributed by atoms with van der Waals surface area (Å²) in [5.74, 6) is 0.936. The molecule has 2 aromatic rings. The van der Waals surface area contributed by atoms with Crippen molar-refractivity contribution >= 4 is 11.5 Å². The third kappa shape index (κ3) is 2.04. The minimum absolute atomic E-state index is 0.178. The highest BCUT2D eigenvalue weighted by atomic mass is 16.3. The first kappa shape index (κ1) is 9.45. The first-order valence-electron chi connectivity index (χ1n) is 4.59. The minimum atomic E-state index is 0.178. The van der Waals surface area contributed by atoms with Gasteiger partial charge in [0, 0.05) is 12.4 Å². The number of phenols is 1. The fraction of sp³-hybridized carbons (Fsp3) is 0.0909. The van der Waals surface area contributed by atoms with Crippen LogP contribution in [0.3, 0.4) is 0 Å². The van der Waals surface area contributed by atoms with E-state index in [9.17, 15) is 5.11 Å². The van der Waals surface area contributed by atoms with Gasteiger partial charge >= 0.3 is 0 Å². The van der Waals surface area contributed by atoms with Gasteiger partial charge in [-0.1, -0.05) is 12.1 Å². The SMILES string of the molecule is C/C(=N\c1ccccc1O)n1ccnc1. The average Bonchev–Trinajstić information content (AvgIpc) is 2.74. The van der Waals surface area contributed by atoms with Gasteiger partial charge in [-0.2, -0.15) is 0 Å². The summed E-state index contributed by atoms with van der Waals surface area (Å²) in [6.07, 6.45) is 5.15. The molecule has 0 atom stereocenters. The first-order valence-corrected chi connectivity index (χ1v) is 4.59. The summed E-state index contributed by atoms with van der Waals surface area (Å²) in [6.45, 7) is 1.86. The Kier molecular flexibility index (Phi) is 2.49. The maximum atomic E-state index is 9.52. The van der Waals surface area contributed by atoms with Crippen molar-refractivity contribution in [1.82, 2.24) is 9.55 Å². The van der Waals surface area contributed by atoms with E-state index in [-0.39, 0.29) is 5.75 Å².